The molecule has 1 N–H and O–H groups in total. The highest BCUT2D eigenvalue weighted by Crippen LogP contribution is 2.25. The zero-order chi connectivity index (χ0) is 16.2. The van der Waals surface area contributed by atoms with E-state index in [0.29, 0.717) is 31.1 Å². The van der Waals surface area contributed by atoms with E-state index in [1.165, 1.54) is 0 Å². The first-order valence-electron chi connectivity index (χ1n) is 7.45. The van der Waals surface area contributed by atoms with Gasteiger partial charge in [-0.2, -0.15) is 0 Å². The molecule has 1 amide bonds. The first kappa shape index (κ1) is 16.1. The maximum Gasteiger partial charge on any atom is 0.410 e. The summed E-state index contributed by atoms with van der Waals surface area (Å²) in [5.41, 5.74) is 2.32. The molecule has 0 aliphatic carbocycles. The summed E-state index contributed by atoms with van der Waals surface area (Å²) in [5.74, 6) is 0. The summed E-state index contributed by atoms with van der Waals surface area (Å²) >= 11 is 12.1. The van der Waals surface area contributed by atoms with Gasteiger partial charge in [0.15, 0.2) is 5.62 Å². The molecule has 1 aromatic carbocycles. The molecular weight excluding hydrogens is 337 g/mol. The average Bonchev–Trinajstić information content (AvgIpc) is 2.76. The molecule has 3 rings (SSSR count). The zero-order valence-electron chi connectivity index (χ0n) is 12.5. The fourth-order valence-corrected chi connectivity index (χ4v) is 3.23. The Kier molecular flexibility index (Phi) is 5.08. The fourth-order valence-electron chi connectivity index (χ4n) is 2.64. The number of rotatable bonds is 2. The third-order valence-corrected chi connectivity index (χ3v) is 4.39. The summed E-state index contributed by atoms with van der Waals surface area (Å²) in [6.45, 7) is 1.38. The predicted octanol–water partition coefficient (Wildman–Crippen LogP) is 3.44. The van der Waals surface area contributed by atoms with Gasteiger partial charge in [-0.1, -0.05) is 53.5 Å². The van der Waals surface area contributed by atoms with Gasteiger partial charge in [-0.05, 0) is 12.0 Å². The van der Waals surface area contributed by atoms with E-state index in [4.69, 9.17) is 27.9 Å². The van der Waals surface area contributed by atoms with Crippen LogP contribution in [0.5, 0.6) is 0 Å². The molecule has 0 fully saturated rings. The number of carbonyl (C=O) groups is 1. The van der Waals surface area contributed by atoms with E-state index in [0.717, 1.165) is 16.8 Å². The first-order valence-corrected chi connectivity index (χ1v) is 8.27. The number of benzene rings is 1. The quantitative estimate of drug-likeness (QED) is 0.654. The largest absolute Gasteiger partial charge is 0.445 e. The van der Waals surface area contributed by atoms with Crippen molar-refractivity contribution in [1.29, 1.82) is 0 Å². The van der Waals surface area contributed by atoms with Crippen molar-refractivity contribution < 1.29 is 9.53 Å². The van der Waals surface area contributed by atoms with Crippen LogP contribution in [0.4, 0.5) is 4.79 Å². The van der Waals surface area contributed by atoms with Gasteiger partial charge >= 0.3 is 6.09 Å². The monoisotopic (exact) mass is 353 g/mol. The second-order valence-corrected chi connectivity index (χ2v) is 6.16. The van der Waals surface area contributed by atoms with Crippen LogP contribution in [0.15, 0.2) is 46.6 Å². The molecule has 23 heavy (non-hydrogen) atoms. The minimum Gasteiger partial charge on any atom is -0.445 e. The van der Waals surface area contributed by atoms with Gasteiger partial charge < -0.3 is 15.0 Å². The lowest BCUT2D eigenvalue weighted by Crippen LogP contribution is -2.33. The molecule has 1 aromatic rings. The minimum atomic E-state index is -0.544. The predicted molar refractivity (Wildman–Crippen MR) is 90.5 cm³/mol. The lowest BCUT2D eigenvalue weighted by atomic mass is 10.1. The molecule has 122 valence electrons. The third kappa shape index (κ3) is 3.98. The van der Waals surface area contributed by atoms with Crippen LogP contribution in [0.2, 0.25) is 0 Å². The van der Waals surface area contributed by atoms with Crippen LogP contribution in [0.25, 0.3) is 0 Å². The Balaban J connectivity index is 1.57. The van der Waals surface area contributed by atoms with Crippen molar-refractivity contribution in [3.8, 4) is 0 Å². The fraction of sp³-hybridized carbons (Fsp3) is 0.375. The van der Waals surface area contributed by atoms with Crippen molar-refractivity contribution in [2.75, 3.05) is 13.1 Å². The van der Waals surface area contributed by atoms with Gasteiger partial charge in [0.05, 0.1) is 0 Å². The summed E-state index contributed by atoms with van der Waals surface area (Å²) in [6.07, 6.45) is 0.976. The van der Waals surface area contributed by atoms with E-state index in [1.54, 1.807) is 4.90 Å². The van der Waals surface area contributed by atoms with Gasteiger partial charge in [0, 0.05) is 30.8 Å². The molecular formula is C16H17Cl2N3O2. The number of amides is 1. The number of hydrogen-bond donors (Lipinski definition) is 1. The van der Waals surface area contributed by atoms with Gasteiger partial charge in [0.25, 0.3) is 0 Å². The molecule has 5 nitrogen and oxygen atoms in total. The van der Waals surface area contributed by atoms with E-state index in [2.05, 4.69) is 10.3 Å². The summed E-state index contributed by atoms with van der Waals surface area (Å²) < 4.78 is 5.38. The maximum atomic E-state index is 12.3. The zero-order valence-corrected chi connectivity index (χ0v) is 14.0. The molecule has 7 heteroatoms. The molecule has 2 heterocycles. The number of halogens is 2. The Labute approximate surface area is 144 Å². The molecule has 0 bridgehead atoms. The van der Waals surface area contributed by atoms with Gasteiger partial charge in [-0.25, -0.2) is 9.79 Å². The van der Waals surface area contributed by atoms with Crippen LogP contribution in [0.3, 0.4) is 0 Å². The lowest BCUT2D eigenvalue weighted by Gasteiger charge is -2.21. The highest BCUT2D eigenvalue weighted by molar-refractivity contribution is 6.70. The highest BCUT2D eigenvalue weighted by atomic mass is 35.5. The Bertz CT molecular complexity index is 646. The molecule has 2 aliphatic heterocycles. The Hall–Kier alpha value is -1.72. The van der Waals surface area contributed by atoms with Gasteiger partial charge in [0.2, 0.25) is 0 Å². The molecule has 0 radical (unpaired) electrons. The molecule has 0 spiro atoms. The second-order valence-electron chi connectivity index (χ2n) is 5.38. The van der Waals surface area contributed by atoms with Gasteiger partial charge in [-0.15, -0.1) is 0 Å². The molecule has 0 saturated heterocycles. The van der Waals surface area contributed by atoms with Crippen molar-refractivity contribution >= 4 is 34.5 Å². The van der Waals surface area contributed by atoms with Gasteiger partial charge in [0.1, 0.15) is 11.8 Å². The number of alkyl halides is 1. The Morgan fingerprint density at radius 2 is 2.04 bits per heavy atom. The summed E-state index contributed by atoms with van der Waals surface area (Å²) in [7, 11) is 0. The van der Waals surface area contributed by atoms with Gasteiger partial charge in [-0.3, -0.25) is 0 Å². The Morgan fingerprint density at radius 3 is 2.83 bits per heavy atom. The molecule has 1 atom stereocenters. The molecule has 2 aliphatic rings. The second kappa shape index (κ2) is 7.23. The highest BCUT2D eigenvalue weighted by Gasteiger charge is 2.26. The van der Waals surface area contributed by atoms with Crippen LogP contribution in [-0.4, -0.2) is 34.9 Å². The SMILES string of the molecule is O=C(OCc1ccccc1)N1CCC2=C(CC1)C(Cl)=NC(Cl)N2. The Morgan fingerprint density at radius 1 is 1.30 bits per heavy atom. The van der Waals surface area contributed by atoms with Crippen LogP contribution in [-0.2, 0) is 11.3 Å². The minimum absolute atomic E-state index is 0.271. The van der Waals surface area contributed by atoms with Crippen molar-refractivity contribution in [2.24, 2.45) is 4.99 Å². The summed E-state index contributed by atoms with van der Waals surface area (Å²) in [6, 6.07) is 9.62. The topological polar surface area (TPSA) is 53.9 Å². The number of nitrogens with zero attached hydrogens (tertiary/aromatic N) is 2. The average molecular weight is 354 g/mol. The smallest absolute Gasteiger partial charge is 0.410 e. The maximum absolute atomic E-state index is 12.3. The summed E-state index contributed by atoms with van der Waals surface area (Å²) in [4.78, 5) is 18.0. The van der Waals surface area contributed by atoms with E-state index in [9.17, 15) is 4.79 Å². The van der Waals surface area contributed by atoms with Crippen molar-refractivity contribution in [1.82, 2.24) is 10.2 Å². The number of aliphatic imine (C=N–C) groups is 1. The summed E-state index contributed by atoms with van der Waals surface area (Å²) in [5, 5.41) is 3.53. The normalized spacial score (nSPS) is 21.0. The van der Waals surface area contributed by atoms with Crippen LogP contribution in [0, 0.1) is 0 Å². The van der Waals surface area contributed by atoms with Crippen LogP contribution in [0.1, 0.15) is 18.4 Å². The van der Waals surface area contributed by atoms with Crippen molar-refractivity contribution in [2.45, 2.75) is 25.1 Å². The first-order chi connectivity index (χ1) is 11.1. The van der Waals surface area contributed by atoms with E-state index >= 15 is 0 Å². The third-order valence-electron chi connectivity index (χ3n) is 3.86. The van der Waals surface area contributed by atoms with Crippen molar-refractivity contribution in [3.05, 3.63) is 47.2 Å². The molecule has 0 saturated carbocycles. The number of ether oxygens (including phenoxy) is 1. The lowest BCUT2D eigenvalue weighted by molar-refractivity contribution is 0.0977. The van der Waals surface area contributed by atoms with Crippen LogP contribution < -0.4 is 5.32 Å². The number of nitrogens with one attached hydrogen (secondary N) is 1. The van der Waals surface area contributed by atoms with E-state index in [1.807, 2.05) is 30.3 Å². The number of hydrogen-bond acceptors (Lipinski definition) is 4. The van der Waals surface area contributed by atoms with Crippen LogP contribution >= 0.6 is 23.2 Å². The molecule has 0 aromatic heterocycles. The van der Waals surface area contributed by atoms with E-state index in [-0.39, 0.29) is 12.7 Å². The standard InChI is InChI=1S/C16H17Cl2N3O2/c17-14-12-6-8-21(9-7-13(12)19-15(18)20-14)16(22)23-10-11-4-2-1-3-5-11/h1-5,15,19H,6-10H2. The molecule has 1 unspecified atom stereocenters. The van der Waals surface area contributed by atoms with Crippen molar-refractivity contribution in [3.63, 3.8) is 0 Å². The number of carbonyl (C=O) groups excluding carboxylic acids is 1. The van der Waals surface area contributed by atoms with E-state index < -0.39 is 5.62 Å².